The van der Waals surface area contributed by atoms with Gasteiger partial charge in [-0.15, -0.1) is 29.9 Å². The van der Waals surface area contributed by atoms with Crippen molar-refractivity contribution in [1.82, 2.24) is 30.4 Å². The molecule has 0 aliphatic carbocycles. The van der Waals surface area contributed by atoms with Crippen LogP contribution in [0.25, 0.3) is 17.1 Å². The van der Waals surface area contributed by atoms with Crippen molar-refractivity contribution in [1.29, 1.82) is 0 Å². The van der Waals surface area contributed by atoms with Gasteiger partial charge in [0.05, 0.1) is 11.4 Å². The molecule has 2 aromatic heterocycles. The Kier molecular flexibility index (Phi) is 6.68. The molecule has 23 heavy (non-hydrogen) atoms. The fourth-order valence-corrected chi connectivity index (χ4v) is 2.51. The molecule has 0 aliphatic heterocycles. The van der Waals surface area contributed by atoms with Gasteiger partial charge in [-0.05, 0) is 43.2 Å². The van der Waals surface area contributed by atoms with Gasteiger partial charge < -0.3 is 5.73 Å². The molecule has 0 unspecified atom stereocenters. The molecule has 0 bridgehead atoms. The van der Waals surface area contributed by atoms with Gasteiger partial charge in [0, 0.05) is 5.56 Å². The van der Waals surface area contributed by atoms with Crippen LogP contribution in [-0.2, 0) is 6.42 Å². The molecule has 0 spiro atoms. The molecule has 124 valence electrons. The summed E-state index contributed by atoms with van der Waals surface area (Å²) in [5.41, 5.74) is 11.0. The zero-order valence-electron chi connectivity index (χ0n) is 12.9. The van der Waals surface area contributed by atoms with Crippen molar-refractivity contribution in [3.05, 3.63) is 41.2 Å². The second-order valence-corrected chi connectivity index (χ2v) is 4.91. The van der Waals surface area contributed by atoms with E-state index in [1.807, 2.05) is 13.8 Å². The first-order valence-electron chi connectivity index (χ1n) is 6.80. The van der Waals surface area contributed by atoms with Gasteiger partial charge in [0.25, 0.3) is 5.95 Å². The van der Waals surface area contributed by atoms with E-state index in [1.54, 1.807) is 4.68 Å². The Labute approximate surface area is 146 Å². The molecule has 3 N–H and O–H groups in total. The van der Waals surface area contributed by atoms with Crippen LogP contribution in [-0.4, -0.2) is 36.9 Å². The molecule has 0 fully saturated rings. The number of hydrogen-bond donors (Lipinski definition) is 2. The highest BCUT2D eigenvalue weighted by Crippen LogP contribution is 2.28. The van der Waals surface area contributed by atoms with Gasteiger partial charge in [0.1, 0.15) is 0 Å². The van der Waals surface area contributed by atoms with E-state index in [9.17, 15) is 0 Å². The van der Waals surface area contributed by atoms with Crippen molar-refractivity contribution in [2.75, 3.05) is 6.54 Å². The number of nitrogens with two attached hydrogens (primary N) is 1. The number of tetrazole rings is 1. The zero-order chi connectivity index (χ0) is 14.8. The third-order valence-corrected chi connectivity index (χ3v) is 3.49. The Morgan fingerprint density at radius 1 is 1.13 bits per heavy atom. The quantitative estimate of drug-likeness (QED) is 0.745. The van der Waals surface area contributed by atoms with Crippen molar-refractivity contribution >= 4 is 24.8 Å². The molecule has 7 nitrogen and oxygen atoms in total. The minimum absolute atomic E-state index is 0. The highest BCUT2D eigenvalue weighted by molar-refractivity contribution is 5.85. The molecule has 9 heteroatoms. The van der Waals surface area contributed by atoms with E-state index in [4.69, 9.17) is 5.73 Å². The normalized spacial score (nSPS) is 10.0. The minimum Gasteiger partial charge on any atom is -0.330 e. The van der Waals surface area contributed by atoms with Gasteiger partial charge in [-0.2, -0.15) is 15.0 Å². The number of nitrogens with zero attached hydrogens (tertiary/aromatic N) is 5. The molecule has 0 radical (unpaired) electrons. The van der Waals surface area contributed by atoms with E-state index in [2.05, 4.69) is 50.0 Å². The van der Waals surface area contributed by atoms with Crippen molar-refractivity contribution in [3.8, 4) is 17.1 Å². The standard InChI is InChI=1S/C14H17N7.2ClH/c1-9-13(12-5-3-11(4-6-12)7-8-15)10(2)21(18-9)14-16-19-20-17-14;;/h3-6H,7-8,15H2,1-2H3,(H,16,17,19,20);2*1H. The lowest BCUT2D eigenvalue weighted by atomic mass is 10.0. The van der Waals surface area contributed by atoms with Gasteiger partial charge in [0.2, 0.25) is 0 Å². The van der Waals surface area contributed by atoms with Crippen LogP contribution in [0.1, 0.15) is 17.0 Å². The van der Waals surface area contributed by atoms with Crippen molar-refractivity contribution in [3.63, 3.8) is 0 Å². The Balaban J connectivity index is 0.00000132. The van der Waals surface area contributed by atoms with E-state index in [0.717, 1.165) is 28.9 Å². The lowest BCUT2D eigenvalue weighted by Gasteiger charge is -2.04. The van der Waals surface area contributed by atoms with E-state index in [1.165, 1.54) is 5.56 Å². The monoisotopic (exact) mass is 355 g/mol. The first-order valence-corrected chi connectivity index (χ1v) is 6.80. The lowest BCUT2D eigenvalue weighted by Crippen LogP contribution is -2.02. The van der Waals surface area contributed by atoms with Crippen LogP contribution >= 0.6 is 24.8 Å². The Morgan fingerprint density at radius 3 is 2.39 bits per heavy atom. The van der Waals surface area contributed by atoms with E-state index in [-0.39, 0.29) is 24.8 Å². The van der Waals surface area contributed by atoms with Crippen LogP contribution in [0.5, 0.6) is 0 Å². The zero-order valence-corrected chi connectivity index (χ0v) is 14.5. The van der Waals surface area contributed by atoms with Gasteiger partial charge in [-0.3, -0.25) is 0 Å². The predicted molar refractivity (Wildman–Crippen MR) is 93.5 cm³/mol. The smallest absolute Gasteiger partial charge is 0.290 e. The summed E-state index contributed by atoms with van der Waals surface area (Å²) in [5, 5.41) is 18.5. The number of hydrogen-bond acceptors (Lipinski definition) is 5. The van der Waals surface area contributed by atoms with Crippen molar-refractivity contribution < 1.29 is 0 Å². The third-order valence-electron chi connectivity index (χ3n) is 3.49. The minimum atomic E-state index is 0. The number of halogens is 2. The van der Waals surface area contributed by atoms with Crippen molar-refractivity contribution in [2.24, 2.45) is 5.73 Å². The number of aromatic nitrogens is 6. The summed E-state index contributed by atoms with van der Waals surface area (Å²) in [6, 6.07) is 8.41. The largest absolute Gasteiger partial charge is 0.330 e. The Bertz CT molecular complexity index is 735. The number of aromatic amines is 1. The maximum atomic E-state index is 5.58. The van der Waals surface area contributed by atoms with Crippen LogP contribution < -0.4 is 5.73 Å². The fraction of sp³-hybridized carbons (Fsp3) is 0.286. The second-order valence-electron chi connectivity index (χ2n) is 4.91. The van der Waals surface area contributed by atoms with Crippen LogP contribution in [0.15, 0.2) is 24.3 Å². The average Bonchev–Trinajstić information content (AvgIpc) is 3.09. The highest BCUT2D eigenvalue weighted by Gasteiger charge is 2.16. The summed E-state index contributed by atoms with van der Waals surface area (Å²) in [5.74, 6) is 0.446. The van der Waals surface area contributed by atoms with Crippen LogP contribution in [0.4, 0.5) is 0 Å². The Morgan fingerprint density at radius 2 is 1.83 bits per heavy atom. The molecular formula is C14H19Cl2N7. The van der Waals surface area contributed by atoms with Gasteiger partial charge in [-0.25, -0.2) is 0 Å². The summed E-state index contributed by atoms with van der Waals surface area (Å²) < 4.78 is 1.70. The van der Waals surface area contributed by atoms with Gasteiger partial charge >= 0.3 is 0 Å². The average molecular weight is 356 g/mol. The van der Waals surface area contributed by atoms with E-state index < -0.39 is 0 Å². The molecular weight excluding hydrogens is 337 g/mol. The van der Waals surface area contributed by atoms with Gasteiger partial charge in [-0.1, -0.05) is 29.4 Å². The molecule has 0 saturated carbocycles. The first kappa shape index (κ1) is 19.1. The number of benzene rings is 1. The Hall–Kier alpha value is -1.96. The lowest BCUT2D eigenvalue weighted by molar-refractivity contribution is 0.777. The maximum absolute atomic E-state index is 5.58. The maximum Gasteiger partial charge on any atom is 0.290 e. The van der Waals surface area contributed by atoms with Crippen LogP contribution in [0, 0.1) is 13.8 Å². The van der Waals surface area contributed by atoms with E-state index in [0.29, 0.717) is 12.5 Å². The third kappa shape index (κ3) is 3.69. The summed E-state index contributed by atoms with van der Waals surface area (Å²) >= 11 is 0. The highest BCUT2D eigenvalue weighted by atomic mass is 35.5. The first-order chi connectivity index (χ1) is 10.2. The predicted octanol–water partition coefficient (Wildman–Crippen LogP) is 2.01. The molecule has 1 aromatic carbocycles. The molecule has 0 saturated heterocycles. The number of rotatable bonds is 4. The van der Waals surface area contributed by atoms with Crippen LogP contribution in [0.3, 0.4) is 0 Å². The SMILES string of the molecule is Cc1nn(-c2nn[nH]n2)c(C)c1-c1ccc(CCN)cc1.Cl.Cl. The fourth-order valence-electron chi connectivity index (χ4n) is 2.51. The number of aryl methyl sites for hydroxylation is 1. The van der Waals surface area contributed by atoms with Crippen molar-refractivity contribution in [2.45, 2.75) is 20.3 Å². The molecule has 0 amide bonds. The molecule has 3 aromatic rings. The molecule has 0 aliphatic rings. The summed E-state index contributed by atoms with van der Waals surface area (Å²) in [6.45, 7) is 4.64. The number of nitrogens with one attached hydrogen (secondary N) is 1. The molecule has 2 heterocycles. The van der Waals surface area contributed by atoms with E-state index >= 15 is 0 Å². The molecule has 0 atom stereocenters. The van der Waals surface area contributed by atoms with Gasteiger partial charge in [0.15, 0.2) is 0 Å². The second kappa shape index (κ2) is 8.05. The summed E-state index contributed by atoms with van der Waals surface area (Å²) in [6.07, 6.45) is 0.889. The number of H-pyrrole nitrogens is 1. The summed E-state index contributed by atoms with van der Waals surface area (Å²) in [7, 11) is 0. The topological polar surface area (TPSA) is 98.3 Å². The molecule has 3 rings (SSSR count). The van der Waals surface area contributed by atoms with Crippen LogP contribution in [0.2, 0.25) is 0 Å². The summed E-state index contributed by atoms with van der Waals surface area (Å²) in [4.78, 5) is 0.